The first-order chi connectivity index (χ1) is 16.1. The monoisotopic (exact) mass is 445 g/mol. The zero-order valence-electron chi connectivity index (χ0n) is 19.2. The Hall–Kier alpha value is -3.12. The van der Waals surface area contributed by atoms with E-state index in [0.717, 1.165) is 42.4 Å². The van der Waals surface area contributed by atoms with Crippen molar-refractivity contribution in [2.45, 2.75) is 25.6 Å². The van der Waals surface area contributed by atoms with Gasteiger partial charge in [0, 0.05) is 17.7 Å². The molecule has 0 aliphatic rings. The molecule has 172 valence electrons. The van der Waals surface area contributed by atoms with Crippen LogP contribution in [0, 0.1) is 0 Å². The van der Waals surface area contributed by atoms with Crippen LogP contribution in [0.2, 0.25) is 0 Å². The molecule has 0 bridgehead atoms. The van der Waals surface area contributed by atoms with Crippen LogP contribution in [0.3, 0.4) is 0 Å². The molecule has 0 fully saturated rings. The number of aliphatic hydroxyl groups excluding tert-OH is 1. The number of carbonyl (C=O) groups is 2. The number of hydrogen-bond acceptors (Lipinski definition) is 5. The van der Waals surface area contributed by atoms with E-state index in [1.807, 2.05) is 54.6 Å². The maximum Gasteiger partial charge on any atom is 0.150 e. The second-order valence-electron chi connectivity index (χ2n) is 7.98. The van der Waals surface area contributed by atoms with Crippen molar-refractivity contribution in [3.8, 4) is 0 Å². The Morgan fingerprint density at radius 3 is 1.67 bits per heavy atom. The molecule has 3 aromatic carbocycles. The van der Waals surface area contributed by atoms with Gasteiger partial charge in [-0.15, -0.1) is 0 Å². The molecule has 0 saturated heterocycles. The number of hydrogen-bond donors (Lipinski definition) is 1. The molecule has 0 amide bonds. The smallest absolute Gasteiger partial charge is 0.150 e. The van der Waals surface area contributed by atoms with E-state index in [2.05, 4.69) is 18.7 Å². The van der Waals surface area contributed by atoms with Gasteiger partial charge >= 0.3 is 0 Å². The molecule has 0 radical (unpaired) electrons. The number of ether oxygens (including phenoxy) is 1. The number of nitrogens with zero attached hydrogens (tertiary/aromatic N) is 1. The molecule has 3 aromatic rings. The van der Waals surface area contributed by atoms with E-state index in [9.17, 15) is 14.7 Å². The number of benzene rings is 3. The Labute approximate surface area is 195 Å². The van der Waals surface area contributed by atoms with Crippen molar-refractivity contribution < 1.29 is 19.4 Å². The van der Waals surface area contributed by atoms with Crippen molar-refractivity contribution in [1.82, 2.24) is 4.90 Å². The first-order valence-electron chi connectivity index (χ1n) is 11.3. The maximum atomic E-state index is 11.3. The second-order valence-corrected chi connectivity index (χ2v) is 7.98. The molecule has 1 unspecified atom stereocenters. The van der Waals surface area contributed by atoms with Gasteiger partial charge in [-0.25, -0.2) is 0 Å². The van der Waals surface area contributed by atoms with Crippen LogP contribution in [0.25, 0.3) is 0 Å². The third-order valence-corrected chi connectivity index (χ3v) is 5.94. The van der Waals surface area contributed by atoms with E-state index < -0.39 is 11.7 Å². The number of carbonyl (C=O) groups excluding carboxylic acids is 2. The molecule has 3 rings (SSSR count). The van der Waals surface area contributed by atoms with E-state index >= 15 is 0 Å². The summed E-state index contributed by atoms with van der Waals surface area (Å²) in [5.41, 5.74) is 2.64. The summed E-state index contributed by atoms with van der Waals surface area (Å²) in [6, 6.07) is 24.3. The Bertz CT molecular complexity index is 961. The summed E-state index contributed by atoms with van der Waals surface area (Å²) in [5.74, 6) is 0. The molecule has 5 heteroatoms. The van der Waals surface area contributed by atoms with Gasteiger partial charge in [0.1, 0.15) is 18.2 Å². The van der Waals surface area contributed by atoms with Gasteiger partial charge in [-0.3, -0.25) is 9.59 Å². The van der Waals surface area contributed by atoms with Gasteiger partial charge in [0.25, 0.3) is 0 Å². The highest BCUT2D eigenvalue weighted by molar-refractivity contribution is 5.75. The van der Waals surface area contributed by atoms with Crippen LogP contribution in [-0.4, -0.2) is 54.9 Å². The highest BCUT2D eigenvalue weighted by atomic mass is 16.5. The SMILES string of the molecule is CCN(CC)CC(O)COC(c1ccccc1)(c1ccc(C=O)cc1)c1ccc(C=O)cc1. The fourth-order valence-corrected chi connectivity index (χ4v) is 4.07. The Morgan fingerprint density at radius 2 is 1.24 bits per heavy atom. The van der Waals surface area contributed by atoms with Gasteiger partial charge < -0.3 is 14.7 Å². The van der Waals surface area contributed by atoms with Gasteiger partial charge in [-0.05, 0) is 29.8 Å². The average molecular weight is 446 g/mol. The average Bonchev–Trinajstić information content (AvgIpc) is 2.89. The van der Waals surface area contributed by atoms with Crippen LogP contribution < -0.4 is 0 Å². The molecule has 1 atom stereocenters. The first-order valence-corrected chi connectivity index (χ1v) is 11.3. The highest BCUT2D eigenvalue weighted by Gasteiger charge is 2.38. The molecular formula is C28H31NO4. The molecular weight excluding hydrogens is 414 g/mol. The van der Waals surface area contributed by atoms with E-state index in [1.165, 1.54) is 0 Å². The van der Waals surface area contributed by atoms with Gasteiger partial charge in [-0.1, -0.05) is 92.7 Å². The largest absolute Gasteiger partial charge is 0.389 e. The molecule has 0 aromatic heterocycles. The predicted octanol–water partition coefficient (Wildman–Crippen LogP) is 4.32. The molecule has 0 aliphatic carbocycles. The molecule has 1 N–H and O–H groups in total. The van der Waals surface area contributed by atoms with Crippen LogP contribution >= 0.6 is 0 Å². The lowest BCUT2D eigenvalue weighted by molar-refractivity contribution is -0.0459. The lowest BCUT2D eigenvalue weighted by Gasteiger charge is -2.37. The molecule has 33 heavy (non-hydrogen) atoms. The number of aldehydes is 2. The predicted molar refractivity (Wildman–Crippen MR) is 130 cm³/mol. The number of rotatable bonds is 12. The summed E-state index contributed by atoms with van der Waals surface area (Å²) in [5, 5.41) is 10.8. The quantitative estimate of drug-likeness (QED) is 0.332. The van der Waals surface area contributed by atoms with Crippen LogP contribution in [0.15, 0.2) is 78.9 Å². The van der Waals surface area contributed by atoms with Gasteiger partial charge in [-0.2, -0.15) is 0 Å². The van der Waals surface area contributed by atoms with Crippen molar-refractivity contribution in [1.29, 1.82) is 0 Å². The van der Waals surface area contributed by atoms with Crippen molar-refractivity contribution in [2.24, 2.45) is 0 Å². The fourth-order valence-electron chi connectivity index (χ4n) is 4.07. The molecule has 0 spiro atoms. The van der Waals surface area contributed by atoms with E-state index in [4.69, 9.17) is 4.74 Å². The standard InChI is InChI=1S/C28H31NO4/c1-3-29(4-2)18-27(32)21-33-28(24-8-6-5-7-9-24,25-14-10-22(19-30)11-15-25)26-16-12-23(20-31)13-17-26/h5-17,19-20,27,32H,3-4,18,21H2,1-2H3. The number of likely N-dealkylation sites (N-methyl/N-ethyl adjacent to an activating group) is 1. The van der Waals surface area contributed by atoms with Crippen LogP contribution in [0.1, 0.15) is 51.3 Å². The van der Waals surface area contributed by atoms with Crippen LogP contribution in [0.5, 0.6) is 0 Å². The van der Waals surface area contributed by atoms with Crippen molar-refractivity contribution >= 4 is 12.6 Å². The third kappa shape index (κ3) is 5.63. The Kier molecular flexibility index (Phi) is 8.66. The first kappa shape index (κ1) is 24.5. The van der Waals surface area contributed by atoms with Crippen molar-refractivity contribution in [3.63, 3.8) is 0 Å². The van der Waals surface area contributed by atoms with Gasteiger partial charge in [0.05, 0.1) is 12.7 Å². The summed E-state index contributed by atoms with van der Waals surface area (Å²) in [6.45, 7) is 6.43. The fraction of sp³-hybridized carbons (Fsp3) is 0.286. The van der Waals surface area contributed by atoms with E-state index in [-0.39, 0.29) is 6.61 Å². The minimum Gasteiger partial charge on any atom is -0.389 e. The lowest BCUT2D eigenvalue weighted by atomic mass is 9.79. The summed E-state index contributed by atoms with van der Waals surface area (Å²) >= 11 is 0. The van der Waals surface area contributed by atoms with Crippen molar-refractivity contribution in [2.75, 3.05) is 26.2 Å². The Morgan fingerprint density at radius 1 is 0.788 bits per heavy atom. The summed E-state index contributed by atoms with van der Waals surface area (Å²) < 4.78 is 6.63. The second kappa shape index (κ2) is 11.7. The zero-order valence-corrected chi connectivity index (χ0v) is 19.2. The van der Waals surface area contributed by atoms with Gasteiger partial charge in [0.2, 0.25) is 0 Å². The van der Waals surface area contributed by atoms with Crippen LogP contribution in [0.4, 0.5) is 0 Å². The number of aliphatic hydroxyl groups is 1. The third-order valence-electron chi connectivity index (χ3n) is 5.94. The summed E-state index contributed by atoms with van der Waals surface area (Å²) in [7, 11) is 0. The van der Waals surface area contributed by atoms with E-state index in [1.54, 1.807) is 24.3 Å². The van der Waals surface area contributed by atoms with E-state index in [0.29, 0.717) is 17.7 Å². The molecule has 0 saturated carbocycles. The minimum absolute atomic E-state index is 0.107. The van der Waals surface area contributed by atoms with Crippen LogP contribution in [-0.2, 0) is 10.3 Å². The molecule has 5 nitrogen and oxygen atoms in total. The summed E-state index contributed by atoms with van der Waals surface area (Å²) in [4.78, 5) is 24.6. The molecule has 0 aliphatic heterocycles. The lowest BCUT2D eigenvalue weighted by Crippen LogP contribution is -2.39. The molecule has 0 heterocycles. The normalized spacial score (nSPS) is 12.5. The zero-order chi connectivity index (χ0) is 23.7. The summed E-state index contributed by atoms with van der Waals surface area (Å²) in [6.07, 6.45) is 0.930. The highest BCUT2D eigenvalue weighted by Crippen LogP contribution is 2.40. The Balaban J connectivity index is 2.12. The topological polar surface area (TPSA) is 66.8 Å². The maximum absolute atomic E-state index is 11.3. The minimum atomic E-state index is -1.03. The van der Waals surface area contributed by atoms with Gasteiger partial charge in [0.15, 0.2) is 0 Å². The van der Waals surface area contributed by atoms with Crippen molar-refractivity contribution in [3.05, 3.63) is 107 Å².